The summed E-state index contributed by atoms with van der Waals surface area (Å²) >= 11 is 0. The lowest BCUT2D eigenvalue weighted by molar-refractivity contribution is -0.137. The highest BCUT2D eigenvalue weighted by Gasteiger charge is 2.37. The predicted molar refractivity (Wildman–Crippen MR) is 105 cm³/mol. The lowest BCUT2D eigenvalue weighted by Crippen LogP contribution is -2.13. The van der Waals surface area contributed by atoms with E-state index in [1.54, 1.807) is 30.3 Å². The molecule has 0 heterocycles. The van der Waals surface area contributed by atoms with E-state index in [4.69, 9.17) is 0 Å². The zero-order valence-corrected chi connectivity index (χ0v) is 15.8. The highest BCUT2D eigenvalue weighted by atomic mass is 19.4. The van der Waals surface area contributed by atoms with E-state index in [1.165, 1.54) is 31.4 Å². The molecule has 2 aromatic carbocycles. The first kappa shape index (κ1) is 21.1. The summed E-state index contributed by atoms with van der Waals surface area (Å²) in [6, 6.07) is 11.4. The van der Waals surface area contributed by atoms with E-state index >= 15 is 0 Å². The lowest BCUT2D eigenvalue weighted by atomic mass is 9.97. The Bertz CT molecular complexity index is 699. The van der Waals surface area contributed by atoms with Gasteiger partial charge in [0, 0.05) is 11.3 Å². The zero-order valence-electron chi connectivity index (χ0n) is 15.8. The maximum Gasteiger partial charge on any atom is 0.418 e. The lowest BCUT2D eigenvalue weighted by Gasteiger charge is -2.20. The molecule has 0 amide bonds. The molecule has 2 aromatic rings. The van der Waals surface area contributed by atoms with Crippen LogP contribution in [0.25, 0.3) is 0 Å². The SMILES string of the molecule is CCCCCCCCCc1c(O)ccc(Nc2ccccc2)c1C(F)(F)F. The van der Waals surface area contributed by atoms with Crippen LogP contribution in [0.15, 0.2) is 42.5 Å². The molecular weight excluding hydrogens is 351 g/mol. The molecule has 0 spiro atoms. The van der Waals surface area contributed by atoms with Crippen LogP contribution in [0, 0.1) is 0 Å². The molecule has 5 heteroatoms. The summed E-state index contributed by atoms with van der Waals surface area (Å²) in [5.74, 6) is -0.285. The molecule has 0 unspecified atom stereocenters. The maximum absolute atomic E-state index is 13.8. The van der Waals surface area contributed by atoms with Crippen LogP contribution >= 0.6 is 0 Å². The summed E-state index contributed by atoms with van der Waals surface area (Å²) in [4.78, 5) is 0. The molecule has 0 saturated carbocycles. The first-order valence-corrected chi connectivity index (χ1v) is 9.67. The fourth-order valence-corrected chi connectivity index (χ4v) is 3.25. The molecule has 0 aliphatic rings. The summed E-state index contributed by atoms with van der Waals surface area (Å²) in [5.41, 5.74) is -0.227. The van der Waals surface area contributed by atoms with E-state index in [2.05, 4.69) is 12.2 Å². The molecule has 0 radical (unpaired) electrons. The van der Waals surface area contributed by atoms with E-state index in [0.29, 0.717) is 12.1 Å². The van der Waals surface area contributed by atoms with Crippen LogP contribution in [-0.2, 0) is 12.6 Å². The third-order valence-corrected chi connectivity index (χ3v) is 4.65. The topological polar surface area (TPSA) is 32.3 Å². The van der Waals surface area contributed by atoms with Gasteiger partial charge in [-0.1, -0.05) is 63.6 Å². The molecule has 0 bridgehead atoms. The number of aromatic hydroxyl groups is 1. The Morgan fingerprint density at radius 2 is 1.48 bits per heavy atom. The van der Waals surface area contributed by atoms with E-state index in [1.807, 2.05) is 0 Å². The Balaban J connectivity index is 2.14. The highest BCUT2D eigenvalue weighted by Crippen LogP contribution is 2.42. The number of hydrogen-bond donors (Lipinski definition) is 2. The molecule has 0 atom stereocenters. The Kier molecular flexibility index (Phi) is 8.01. The van der Waals surface area contributed by atoms with Crippen molar-refractivity contribution in [2.24, 2.45) is 0 Å². The third kappa shape index (κ3) is 6.49. The summed E-state index contributed by atoms with van der Waals surface area (Å²) in [7, 11) is 0. The normalized spacial score (nSPS) is 11.6. The van der Waals surface area contributed by atoms with Crippen molar-refractivity contribution in [2.45, 2.75) is 64.5 Å². The van der Waals surface area contributed by atoms with Crippen molar-refractivity contribution in [1.82, 2.24) is 0 Å². The molecule has 2 N–H and O–H groups in total. The van der Waals surface area contributed by atoms with Crippen molar-refractivity contribution in [2.75, 3.05) is 5.32 Å². The minimum atomic E-state index is -4.54. The van der Waals surface area contributed by atoms with Crippen molar-refractivity contribution in [3.05, 3.63) is 53.6 Å². The molecule has 0 aliphatic heterocycles. The van der Waals surface area contributed by atoms with Crippen molar-refractivity contribution in [1.29, 1.82) is 0 Å². The van der Waals surface area contributed by atoms with Gasteiger partial charge in [0.1, 0.15) is 5.75 Å². The molecule has 0 aliphatic carbocycles. The van der Waals surface area contributed by atoms with Gasteiger partial charge in [-0.3, -0.25) is 0 Å². The fourth-order valence-electron chi connectivity index (χ4n) is 3.25. The van der Waals surface area contributed by atoms with Gasteiger partial charge in [-0.05, 0) is 37.1 Å². The molecule has 0 fully saturated rings. The standard InChI is InChI=1S/C22H28F3NO/c1-2-3-4-5-6-7-11-14-18-20(27)16-15-19(21(18)22(23,24)25)26-17-12-9-8-10-13-17/h8-10,12-13,15-16,26-27H,2-7,11,14H2,1H3. The zero-order chi connectivity index (χ0) is 19.7. The number of benzene rings is 2. The van der Waals surface area contributed by atoms with Gasteiger partial charge in [0.05, 0.1) is 11.3 Å². The van der Waals surface area contributed by atoms with E-state index in [0.717, 1.165) is 19.3 Å². The number of anilines is 2. The quantitative estimate of drug-likeness (QED) is 0.332. The number of hydrogen-bond acceptors (Lipinski definition) is 2. The number of rotatable bonds is 10. The van der Waals surface area contributed by atoms with Crippen LogP contribution in [-0.4, -0.2) is 5.11 Å². The van der Waals surface area contributed by atoms with Gasteiger partial charge >= 0.3 is 6.18 Å². The average molecular weight is 379 g/mol. The number of alkyl halides is 3. The summed E-state index contributed by atoms with van der Waals surface area (Å²) in [6.45, 7) is 2.15. The summed E-state index contributed by atoms with van der Waals surface area (Å²) < 4.78 is 41.3. The number of nitrogens with one attached hydrogen (secondary N) is 1. The van der Waals surface area contributed by atoms with E-state index in [-0.39, 0.29) is 23.4 Å². The summed E-state index contributed by atoms with van der Waals surface area (Å²) in [6.07, 6.45) is 2.87. The van der Waals surface area contributed by atoms with Crippen molar-refractivity contribution < 1.29 is 18.3 Å². The molecule has 27 heavy (non-hydrogen) atoms. The van der Waals surface area contributed by atoms with Crippen molar-refractivity contribution >= 4 is 11.4 Å². The van der Waals surface area contributed by atoms with Crippen LogP contribution in [0.2, 0.25) is 0 Å². The largest absolute Gasteiger partial charge is 0.508 e. The number of unbranched alkanes of at least 4 members (excludes halogenated alkanes) is 6. The average Bonchev–Trinajstić information content (AvgIpc) is 2.63. The fraction of sp³-hybridized carbons (Fsp3) is 0.455. The van der Waals surface area contributed by atoms with Gasteiger partial charge in [0.15, 0.2) is 0 Å². The van der Waals surface area contributed by atoms with Crippen molar-refractivity contribution in [3.8, 4) is 5.75 Å². The van der Waals surface area contributed by atoms with Gasteiger partial charge in [0.25, 0.3) is 0 Å². The molecule has 0 aromatic heterocycles. The Labute approximate surface area is 159 Å². The summed E-state index contributed by atoms with van der Waals surface area (Å²) in [5, 5.41) is 12.9. The van der Waals surface area contributed by atoms with Gasteiger partial charge < -0.3 is 10.4 Å². The van der Waals surface area contributed by atoms with Gasteiger partial charge in [-0.2, -0.15) is 13.2 Å². The monoisotopic (exact) mass is 379 g/mol. The van der Waals surface area contributed by atoms with Crippen LogP contribution in [0.5, 0.6) is 5.75 Å². The van der Waals surface area contributed by atoms with Gasteiger partial charge in [0.2, 0.25) is 0 Å². The molecule has 2 rings (SSSR count). The minimum absolute atomic E-state index is 0.0167. The van der Waals surface area contributed by atoms with E-state index in [9.17, 15) is 18.3 Å². The second-order valence-electron chi connectivity index (χ2n) is 6.85. The second kappa shape index (κ2) is 10.2. The van der Waals surface area contributed by atoms with Crippen LogP contribution in [0.4, 0.5) is 24.5 Å². The van der Waals surface area contributed by atoms with E-state index < -0.39 is 11.7 Å². The maximum atomic E-state index is 13.8. The molecule has 148 valence electrons. The second-order valence-corrected chi connectivity index (χ2v) is 6.85. The van der Waals surface area contributed by atoms with Gasteiger partial charge in [-0.25, -0.2) is 0 Å². The first-order valence-electron chi connectivity index (χ1n) is 9.67. The highest BCUT2D eigenvalue weighted by molar-refractivity contribution is 5.67. The third-order valence-electron chi connectivity index (χ3n) is 4.65. The Morgan fingerprint density at radius 3 is 2.11 bits per heavy atom. The van der Waals surface area contributed by atoms with Gasteiger partial charge in [-0.15, -0.1) is 0 Å². The number of halogens is 3. The Hall–Kier alpha value is -2.17. The number of phenolic OH excluding ortho intramolecular Hbond substituents is 1. The number of para-hydroxylation sites is 1. The van der Waals surface area contributed by atoms with Crippen LogP contribution in [0.3, 0.4) is 0 Å². The minimum Gasteiger partial charge on any atom is -0.508 e. The molecule has 2 nitrogen and oxygen atoms in total. The van der Waals surface area contributed by atoms with Crippen LogP contribution < -0.4 is 5.32 Å². The predicted octanol–water partition coefficient (Wildman–Crippen LogP) is 7.45. The van der Waals surface area contributed by atoms with Crippen molar-refractivity contribution in [3.63, 3.8) is 0 Å². The molecule has 0 saturated heterocycles. The first-order chi connectivity index (χ1) is 12.9. The Morgan fingerprint density at radius 1 is 0.852 bits per heavy atom. The smallest absolute Gasteiger partial charge is 0.418 e. The number of phenols is 1. The van der Waals surface area contributed by atoms with Crippen LogP contribution in [0.1, 0.15) is 63.0 Å². The molecular formula is C22H28F3NO.